The van der Waals surface area contributed by atoms with E-state index < -0.39 is 0 Å². The Bertz CT molecular complexity index is 683. The lowest BCUT2D eigenvalue weighted by molar-refractivity contribution is -0.159. The van der Waals surface area contributed by atoms with Crippen molar-refractivity contribution in [3.63, 3.8) is 0 Å². The van der Waals surface area contributed by atoms with Crippen LogP contribution in [0.4, 0.5) is 5.82 Å². The zero-order valence-corrected chi connectivity index (χ0v) is 10.7. The Hall–Kier alpha value is -2.47. The lowest BCUT2D eigenvalue weighted by Gasteiger charge is -2.25. The van der Waals surface area contributed by atoms with Gasteiger partial charge in [-0.2, -0.15) is 0 Å². The molecule has 1 aromatic heterocycles. The Labute approximate surface area is 115 Å². The number of aromatic nitrogens is 1. The van der Waals surface area contributed by atoms with E-state index >= 15 is 0 Å². The van der Waals surface area contributed by atoms with Crippen molar-refractivity contribution in [1.29, 1.82) is 0 Å². The van der Waals surface area contributed by atoms with Crippen molar-refractivity contribution < 1.29 is 14.3 Å². The molecular weight excluding hydrogens is 258 g/mol. The van der Waals surface area contributed by atoms with E-state index in [0.717, 1.165) is 15.8 Å². The number of carbonyl (C=O) groups excluding carboxylic acids is 2. The molecule has 1 fully saturated rings. The molecule has 1 aromatic carbocycles. The molecule has 1 aliphatic rings. The smallest absolute Gasteiger partial charge is 0.255 e. The average molecular weight is 271 g/mol. The second-order valence-electron chi connectivity index (χ2n) is 4.59. The van der Waals surface area contributed by atoms with Crippen molar-refractivity contribution in [3.8, 4) is 0 Å². The standard InChI is InChI=1S/C14H13N3O3/c15-14-10(5-9-3-1-2-4-11(9)16-14)6-17-12(18)7-20-8-13(17)19/h1-5H,6-8H2,(H2,15,16). The summed E-state index contributed by atoms with van der Waals surface area (Å²) < 4.78 is 4.87. The molecule has 6 nitrogen and oxygen atoms in total. The van der Waals surface area contributed by atoms with E-state index in [0.29, 0.717) is 11.4 Å². The van der Waals surface area contributed by atoms with Crippen molar-refractivity contribution >= 4 is 28.5 Å². The molecule has 2 amide bonds. The van der Waals surface area contributed by atoms with Gasteiger partial charge in [0, 0.05) is 10.9 Å². The van der Waals surface area contributed by atoms with E-state index in [4.69, 9.17) is 10.5 Å². The molecule has 0 aliphatic carbocycles. The summed E-state index contributed by atoms with van der Waals surface area (Å²) in [5, 5.41) is 0.921. The molecule has 2 N–H and O–H groups in total. The van der Waals surface area contributed by atoms with Crippen LogP contribution in [-0.2, 0) is 20.9 Å². The number of ether oxygens (including phenoxy) is 1. The van der Waals surface area contributed by atoms with Crippen LogP contribution in [0.15, 0.2) is 30.3 Å². The Balaban J connectivity index is 1.95. The number of fused-ring (bicyclic) bond motifs is 1. The molecule has 3 rings (SSSR count). The Morgan fingerprint density at radius 1 is 1.20 bits per heavy atom. The van der Waals surface area contributed by atoms with Crippen molar-refractivity contribution in [2.45, 2.75) is 6.54 Å². The highest BCUT2D eigenvalue weighted by Gasteiger charge is 2.27. The molecule has 0 saturated carbocycles. The highest BCUT2D eigenvalue weighted by Crippen LogP contribution is 2.20. The van der Waals surface area contributed by atoms with Gasteiger partial charge in [-0.1, -0.05) is 18.2 Å². The molecule has 0 spiro atoms. The van der Waals surface area contributed by atoms with Gasteiger partial charge in [-0.25, -0.2) is 4.98 Å². The Morgan fingerprint density at radius 3 is 2.65 bits per heavy atom. The molecule has 0 bridgehead atoms. The van der Waals surface area contributed by atoms with E-state index in [-0.39, 0.29) is 31.6 Å². The van der Waals surface area contributed by atoms with Gasteiger partial charge in [-0.05, 0) is 12.1 Å². The molecule has 1 aliphatic heterocycles. The van der Waals surface area contributed by atoms with Gasteiger partial charge in [0.25, 0.3) is 11.8 Å². The fourth-order valence-electron chi connectivity index (χ4n) is 2.17. The number of para-hydroxylation sites is 1. The number of carbonyl (C=O) groups is 2. The van der Waals surface area contributed by atoms with Crippen molar-refractivity contribution in [2.24, 2.45) is 0 Å². The summed E-state index contributed by atoms with van der Waals surface area (Å²) in [6.45, 7) is -0.0238. The SMILES string of the molecule is Nc1nc2ccccc2cc1CN1C(=O)COCC1=O. The number of imide groups is 1. The minimum absolute atomic E-state index is 0.0767. The third-order valence-electron chi connectivity index (χ3n) is 3.22. The zero-order valence-electron chi connectivity index (χ0n) is 10.7. The normalized spacial score (nSPS) is 15.9. The van der Waals surface area contributed by atoms with Crippen LogP contribution in [0.5, 0.6) is 0 Å². The number of benzene rings is 1. The second kappa shape index (κ2) is 4.90. The average Bonchev–Trinajstić information content (AvgIpc) is 2.43. The van der Waals surface area contributed by atoms with E-state index in [9.17, 15) is 9.59 Å². The number of amides is 2. The molecule has 2 aromatic rings. The Kier molecular flexibility index (Phi) is 3.08. The molecule has 102 valence electrons. The summed E-state index contributed by atoms with van der Waals surface area (Å²) in [4.78, 5) is 28.9. The van der Waals surface area contributed by atoms with Gasteiger partial charge in [0.2, 0.25) is 0 Å². The third kappa shape index (κ3) is 2.21. The van der Waals surface area contributed by atoms with Crippen LogP contribution in [-0.4, -0.2) is 34.9 Å². The first-order valence-corrected chi connectivity index (χ1v) is 6.20. The number of nitrogen functional groups attached to an aromatic ring is 1. The van der Waals surface area contributed by atoms with Gasteiger partial charge in [-0.15, -0.1) is 0 Å². The number of anilines is 1. The number of morpholine rings is 1. The van der Waals surface area contributed by atoms with Gasteiger partial charge >= 0.3 is 0 Å². The second-order valence-corrected chi connectivity index (χ2v) is 4.59. The quantitative estimate of drug-likeness (QED) is 0.813. The van der Waals surface area contributed by atoms with Gasteiger partial charge in [0.1, 0.15) is 19.0 Å². The number of nitrogens with two attached hydrogens (primary N) is 1. The molecule has 6 heteroatoms. The first-order chi connectivity index (χ1) is 9.65. The van der Waals surface area contributed by atoms with Crippen molar-refractivity contribution in [2.75, 3.05) is 18.9 Å². The number of hydrogen-bond donors (Lipinski definition) is 1. The van der Waals surface area contributed by atoms with E-state index in [1.165, 1.54) is 0 Å². The summed E-state index contributed by atoms with van der Waals surface area (Å²) >= 11 is 0. The van der Waals surface area contributed by atoms with Crippen LogP contribution in [0.2, 0.25) is 0 Å². The van der Waals surface area contributed by atoms with E-state index in [2.05, 4.69) is 4.98 Å². The van der Waals surface area contributed by atoms with E-state index in [1.54, 1.807) is 0 Å². The van der Waals surface area contributed by atoms with Crippen molar-refractivity contribution in [3.05, 3.63) is 35.9 Å². The van der Waals surface area contributed by atoms with Crippen LogP contribution in [0, 0.1) is 0 Å². The van der Waals surface area contributed by atoms with Gasteiger partial charge in [0.05, 0.1) is 12.1 Å². The van der Waals surface area contributed by atoms with E-state index in [1.807, 2.05) is 30.3 Å². The predicted molar refractivity (Wildman–Crippen MR) is 72.5 cm³/mol. The van der Waals surface area contributed by atoms with Crippen LogP contribution in [0.3, 0.4) is 0 Å². The number of pyridine rings is 1. The summed E-state index contributed by atoms with van der Waals surface area (Å²) in [6, 6.07) is 9.40. The lowest BCUT2D eigenvalue weighted by atomic mass is 10.1. The number of nitrogens with zero attached hydrogens (tertiary/aromatic N) is 2. The van der Waals surface area contributed by atoms with Gasteiger partial charge < -0.3 is 10.5 Å². The number of hydrogen-bond acceptors (Lipinski definition) is 5. The Morgan fingerprint density at radius 2 is 1.90 bits per heavy atom. The summed E-state index contributed by atoms with van der Waals surface area (Å²) in [6.07, 6.45) is 0. The largest absolute Gasteiger partial charge is 0.383 e. The van der Waals surface area contributed by atoms with Crippen molar-refractivity contribution in [1.82, 2.24) is 9.88 Å². The van der Waals surface area contributed by atoms with Crippen LogP contribution >= 0.6 is 0 Å². The fraction of sp³-hybridized carbons (Fsp3) is 0.214. The minimum atomic E-state index is -0.353. The zero-order chi connectivity index (χ0) is 14.1. The number of rotatable bonds is 2. The summed E-state index contributed by atoms with van der Waals surface area (Å²) in [5.41, 5.74) is 7.35. The van der Waals surface area contributed by atoms with Crippen LogP contribution in [0.25, 0.3) is 10.9 Å². The maximum Gasteiger partial charge on any atom is 0.255 e. The molecule has 2 heterocycles. The first kappa shape index (κ1) is 12.6. The molecule has 0 unspecified atom stereocenters. The van der Waals surface area contributed by atoms with Crippen LogP contribution in [0.1, 0.15) is 5.56 Å². The molecule has 0 atom stereocenters. The molecule has 20 heavy (non-hydrogen) atoms. The summed E-state index contributed by atoms with van der Waals surface area (Å²) in [5.74, 6) is -0.376. The lowest BCUT2D eigenvalue weighted by Crippen LogP contribution is -2.45. The molecule has 0 radical (unpaired) electrons. The van der Waals surface area contributed by atoms with Gasteiger partial charge in [0.15, 0.2) is 0 Å². The molecular formula is C14H13N3O3. The topological polar surface area (TPSA) is 85.5 Å². The monoisotopic (exact) mass is 271 g/mol. The highest BCUT2D eigenvalue weighted by molar-refractivity contribution is 5.98. The minimum Gasteiger partial charge on any atom is -0.383 e. The maximum atomic E-state index is 11.7. The first-order valence-electron chi connectivity index (χ1n) is 6.20. The summed E-state index contributed by atoms with van der Waals surface area (Å²) in [7, 11) is 0. The van der Waals surface area contributed by atoms with Gasteiger partial charge in [-0.3, -0.25) is 14.5 Å². The third-order valence-corrected chi connectivity index (χ3v) is 3.22. The fourth-order valence-corrected chi connectivity index (χ4v) is 2.17. The highest BCUT2D eigenvalue weighted by atomic mass is 16.5. The maximum absolute atomic E-state index is 11.7. The molecule has 1 saturated heterocycles. The van der Waals surface area contributed by atoms with Crippen LogP contribution < -0.4 is 5.73 Å². The predicted octanol–water partition coefficient (Wildman–Crippen LogP) is 0.702.